The molecule has 88 valence electrons. The second-order valence-corrected chi connectivity index (χ2v) is 3.04. The molecule has 5 nitrogen and oxygen atoms in total. The molecular weight excluding hydrogens is 239 g/mol. The van der Waals surface area contributed by atoms with Crippen molar-refractivity contribution in [2.75, 3.05) is 19.7 Å². The summed E-state index contributed by atoms with van der Waals surface area (Å²) in [5.74, 6) is 0.926. The van der Waals surface area contributed by atoms with Gasteiger partial charge in [0.1, 0.15) is 12.4 Å². The van der Waals surface area contributed by atoms with Crippen molar-refractivity contribution in [2.24, 2.45) is 0 Å². The lowest BCUT2D eigenvalue weighted by Gasteiger charge is -2.22. The van der Waals surface area contributed by atoms with Crippen LogP contribution in [0.4, 0.5) is 0 Å². The molecule has 1 saturated heterocycles. The minimum Gasteiger partial charge on any atom is -0.368 e. The third-order valence-electron chi connectivity index (χ3n) is 2.20. The maximum atomic E-state index is 5.58. The predicted octanol–water partition coefficient (Wildman–Crippen LogP) is 0.802. The SMILES string of the molecule is CCn1cnnc1C1CNCCO1.Cl.Cl. The van der Waals surface area contributed by atoms with Gasteiger partial charge in [0, 0.05) is 19.6 Å². The van der Waals surface area contributed by atoms with Crippen molar-refractivity contribution in [3.63, 3.8) is 0 Å². The van der Waals surface area contributed by atoms with E-state index in [-0.39, 0.29) is 30.9 Å². The van der Waals surface area contributed by atoms with Crippen LogP contribution in [0.15, 0.2) is 6.33 Å². The molecule has 1 atom stereocenters. The molecule has 1 N–H and O–H groups in total. The fourth-order valence-electron chi connectivity index (χ4n) is 1.49. The molecular formula is C8H16Cl2N4O. The standard InChI is InChI=1S/C8H14N4O.2ClH/c1-2-12-6-10-11-8(12)7-5-9-3-4-13-7;;/h6-7,9H,2-5H2,1H3;2*1H. The first-order valence-electron chi connectivity index (χ1n) is 4.62. The molecule has 1 aromatic rings. The van der Waals surface area contributed by atoms with Gasteiger partial charge in [0.05, 0.1) is 6.61 Å². The smallest absolute Gasteiger partial charge is 0.163 e. The van der Waals surface area contributed by atoms with Crippen LogP contribution >= 0.6 is 24.8 Å². The molecule has 0 saturated carbocycles. The van der Waals surface area contributed by atoms with Gasteiger partial charge in [-0.15, -0.1) is 35.0 Å². The quantitative estimate of drug-likeness (QED) is 0.849. The molecule has 7 heteroatoms. The van der Waals surface area contributed by atoms with Crippen molar-refractivity contribution >= 4 is 24.8 Å². The summed E-state index contributed by atoms with van der Waals surface area (Å²) in [4.78, 5) is 0. The number of halogens is 2. The van der Waals surface area contributed by atoms with Crippen molar-refractivity contribution in [3.8, 4) is 0 Å². The molecule has 0 radical (unpaired) electrons. The minimum atomic E-state index is 0. The average Bonchev–Trinajstić information content (AvgIpc) is 2.67. The van der Waals surface area contributed by atoms with Gasteiger partial charge in [0.2, 0.25) is 0 Å². The first-order chi connectivity index (χ1) is 6.42. The van der Waals surface area contributed by atoms with E-state index in [0.29, 0.717) is 0 Å². The fourth-order valence-corrected chi connectivity index (χ4v) is 1.49. The lowest BCUT2D eigenvalue weighted by atomic mass is 10.3. The van der Waals surface area contributed by atoms with Crippen LogP contribution in [0, 0.1) is 0 Å². The molecule has 0 aromatic carbocycles. The summed E-state index contributed by atoms with van der Waals surface area (Å²) < 4.78 is 7.59. The van der Waals surface area contributed by atoms with E-state index in [0.717, 1.165) is 32.1 Å². The third kappa shape index (κ3) is 3.31. The van der Waals surface area contributed by atoms with Gasteiger partial charge in [-0.1, -0.05) is 0 Å². The molecule has 1 aromatic heterocycles. The van der Waals surface area contributed by atoms with Crippen molar-refractivity contribution < 1.29 is 4.74 Å². The van der Waals surface area contributed by atoms with Gasteiger partial charge in [-0.05, 0) is 6.92 Å². The van der Waals surface area contributed by atoms with Crippen LogP contribution in [0.2, 0.25) is 0 Å². The highest BCUT2D eigenvalue weighted by atomic mass is 35.5. The van der Waals surface area contributed by atoms with Crippen LogP contribution in [0.3, 0.4) is 0 Å². The number of aryl methyl sites for hydroxylation is 1. The Hall–Kier alpha value is -0.360. The lowest BCUT2D eigenvalue weighted by molar-refractivity contribution is 0.0198. The van der Waals surface area contributed by atoms with Gasteiger partial charge in [-0.2, -0.15) is 0 Å². The normalized spacial score (nSPS) is 20.2. The van der Waals surface area contributed by atoms with Crippen LogP contribution < -0.4 is 5.32 Å². The number of aromatic nitrogens is 3. The van der Waals surface area contributed by atoms with E-state index in [4.69, 9.17) is 4.74 Å². The summed E-state index contributed by atoms with van der Waals surface area (Å²) in [7, 11) is 0. The minimum absolute atomic E-state index is 0. The molecule has 0 spiro atoms. The summed E-state index contributed by atoms with van der Waals surface area (Å²) in [6.45, 7) is 5.47. The van der Waals surface area contributed by atoms with Gasteiger partial charge in [0.15, 0.2) is 5.82 Å². The van der Waals surface area contributed by atoms with Crippen LogP contribution in [-0.4, -0.2) is 34.5 Å². The summed E-state index contributed by atoms with van der Waals surface area (Å²) in [6.07, 6.45) is 1.81. The second kappa shape index (κ2) is 7.00. The Labute approximate surface area is 101 Å². The predicted molar refractivity (Wildman–Crippen MR) is 61.8 cm³/mol. The molecule has 0 aliphatic carbocycles. The van der Waals surface area contributed by atoms with Crippen LogP contribution in [0.1, 0.15) is 18.9 Å². The van der Waals surface area contributed by atoms with Crippen molar-refractivity contribution in [1.29, 1.82) is 0 Å². The van der Waals surface area contributed by atoms with E-state index in [1.165, 1.54) is 0 Å². The Morgan fingerprint density at radius 1 is 1.60 bits per heavy atom. The number of hydrogen-bond acceptors (Lipinski definition) is 4. The third-order valence-corrected chi connectivity index (χ3v) is 2.20. The maximum Gasteiger partial charge on any atom is 0.163 e. The van der Waals surface area contributed by atoms with E-state index >= 15 is 0 Å². The molecule has 1 aliphatic rings. The van der Waals surface area contributed by atoms with E-state index in [1.54, 1.807) is 6.33 Å². The number of nitrogens with one attached hydrogen (secondary N) is 1. The van der Waals surface area contributed by atoms with Crippen LogP contribution in [-0.2, 0) is 11.3 Å². The lowest BCUT2D eigenvalue weighted by Crippen LogP contribution is -2.34. The molecule has 1 unspecified atom stereocenters. The largest absolute Gasteiger partial charge is 0.368 e. The highest BCUT2D eigenvalue weighted by molar-refractivity contribution is 5.85. The van der Waals surface area contributed by atoms with Crippen molar-refractivity contribution in [3.05, 3.63) is 12.2 Å². The Balaban J connectivity index is 0.000000980. The molecule has 0 bridgehead atoms. The molecule has 2 heterocycles. The van der Waals surface area contributed by atoms with Crippen LogP contribution in [0.5, 0.6) is 0 Å². The highest BCUT2D eigenvalue weighted by Gasteiger charge is 2.20. The van der Waals surface area contributed by atoms with Gasteiger partial charge >= 0.3 is 0 Å². The number of rotatable bonds is 2. The van der Waals surface area contributed by atoms with E-state index in [1.807, 2.05) is 4.57 Å². The average molecular weight is 255 g/mol. The zero-order chi connectivity index (χ0) is 9.10. The van der Waals surface area contributed by atoms with Gasteiger partial charge in [-0.3, -0.25) is 0 Å². The molecule has 15 heavy (non-hydrogen) atoms. The maximum absolute atomic E-state index is 5.58. The number of morpholine rings is 1. The topological polar surface area (TPSA) is 52.0 Å². The van der Waals surface area contributed by atoms with Crippen molar-refractivity contribution in [1.82, 2.24) is 20.1 Å². The Morgan fingerprint density at radius 3 is 3.00 bits per heavy atom. The Kier molecular flexibility index (Phi) is 6.84. The zero-order valence-corrected chi connectivity index (χ0v) is 10.2. The van der Waals surface area contributed by atoms with Crippen LogP contribution in [0.25, 0.3) is 0 Å². The van der Waals surface area contributed by atoms with Gasteiger partial charge < -0.3 is 14.6 Å². The monoisotopic (exact) mass is 254 g/mol. The summed E-state index contributed by atoms with van der Waals surface area (Å²) in [6, 6.07) is 0. The van der Waals surface area contributed by atoms with Crippen molar-refractivity contribution in [2.45, 2.75) is 19.6 Å². The highest BCUT2D eigenvalue weighted by Crippen LogP contribution is 2.15. The first kappa shape index (κ1) is 14.6. The van der Waals surface area contributed by atoms with E-state index < -0.39 is 0 Å². The summed E-state index contributed by atoms with van der Waals surface area (Å²) >= 11 is 0. The number of ether oxygens (including phenoxy) is 1. The molecule has 0 amide bonds. The number of nitrogens with zero attached hydrogens (tertiary/aromatic N) is 3. The first-order valence-corrected chi connectivity index (χ1v) is 4.62. The van der Waals surface area contributed by atoms with Gasteiger partial charge in [0.25, 0.3) is 0 Å². The summed E-state index contributed by atoms with van der Waals surface area (Å²) in [5.41, 5.74) is 0. The summed E-state index contributed by atoms with van der Waals surface area (Å²) in [5, 5.41) is 11.2. The van der Waals surface area contributed by atoms with E-state index in [9.17, 15) is 0 Å². The Bertz CT molecular complexity index is 275. The van der Waals surface area contributed by atoms with E-state index in [2.05, 4.69) is 22.4 Å². The molecule has 2 rings (SSSR count). The number of hydrogen-bond donors (Lipinski definition) is 1. The molecule has 1 fully saturated rings. The Morgan fingerprint density at radius 2 is 2.40 bits per heavy atom. The zero-order valence-electron chi connectivity index (χ0n) is 8.55. The fraction of sp³-hybridized carbons (Fsp3) is 0.750. The second-order valence-electron chi connectivity index (χ2n) is 3.04. The molecule has 1 aliphatic heterocycles. The van der Waals surface area contributed by atoms with Gasteiger partial charge in [-0.25, -0.2) is 0 Å².